The van der Waals surface area contributed by atoms with Crippen LogP contribution in [0.2, 0.25) is 0 Å². The zero-order chi connectivity index (χ0) is 14.1. The molecule has 1 heterocycles. The number of nitrogens with zero attached hydrogens (tertiary/aromatic N) is 2. The molecule has 108 valence electrons. The van der Waals surface area contributed by atoms with E-state index in [0.29, 0.717) is 0 Å². The second-order valence-electron chi connectivity index (χ2n) is 5.18. The SMILES string of the molecule is CCCNC(C#N)CCN1CCCC(C(=O)NC)C1. The van der Waals surface area contributed by atoms with Gasteiger partial charge in [-0.15, -0.1) is 0 Å². The molecule has 2 atom stereocenters. The lowest BCUT2D eigenvalue weighted by atomic mass is 9.97. The maximum absolute atomic E-state index is 11.6. The van der Waals surface area contributed by atoms with Crippen molar-refractivity contribution in [1.29, 1.82) is 5.26 Å². The molecule has 0 aromatic rings. The molecule has 0 aromatic heterocycles. The van der Waals surface area contributed by atoms with E-state index in [4.69, 9.17) is 5.26 Å². The highest BCUT2D eigenvalue weighted by Crippen LogP contribution is 2.16. The molecule has 1 aliphatic heterocycles. The van der Waals surface area contributed by atoms with Crippen molar-refractivity contribution in [2.24, 2.45) is 5.92 Å². The van der Waals surface area contributed by atoms with Crippen LogP contribution in [-0.2, 0) is 4.79 Å². The molecule has 0 saturated carbocycles. The van der Waals surface area contributed by atoms with Crippen molar-refractivity contribution in [3.8, 4) is 6.07 Å². The summed E-state index contributed by atoms with van der Waals surface area (Å²) in [6.45, 7) is 5.74. The number of hydrogen-bond acceptors (Lipinski definition) is 4. The quantitative estimate of drug-likeness (QED) is 0.713. The van der Waals surface area contributed by atoms with Gasteiger partial charge in [0.25, 0.3) is 0 Å². The van der Waals surface area contributed by atoms with Gasteiger partial charge < -0.3 is 15.5 Å². The highest BCUT2D eigenvalue weighted by molar-refractivity contribution is 5.78. The van der Waals surface area contributed by atoms with Crippen molar-refractivity contribution < 1.29 is 4.79 Å². The van der Waals surface area contributed by atoms with Crippen LogP contribution in [0.4, 0.5) is 0 Å². The molecular weight excluding hydrogens is 240 g/mol. The van der Waals surface area contributed by atoms with Gasteiger partial charge in [0.05, 0.1) is 18.0 Å². The first-order chi connectivity index (χ1) is 9.21. The van der Waals surface area contributed by atoms with E-state index in [1.807, 2.05) is 0 Å². The summed E-state index contributed by atoms with van der Waals surface area (Å²) in [6.07, 6.45) is 3.92. The second kappa shape index (κ2) is 8.89. The Balaban J connectivity index is 2.32. The van der Waals surface area contributed by atoms with Crippen LogP contribution in [0.1, 0.15) is 32.6 Å². The summed E-state index contributed by atoms with van der Waals surface area (Å²) in [7, 11) is 1.70. The molecule has 0 bridgehead atoms. The van der Waals surface area contributed by atoms with Crippen molar-refractivity contribution >= 4 is 5.91 Å². The fraction of sp³-hybridized carbons (Fsp3) is 0.857. The predicted molar refractivity (Wildman–Crippen MR) is 75.5 cm³/mol. The first-order valence-electron chi connectivity index (χ1n) is 7.28. The van der Waals surface area contributed by atoms with Gasteiger partial charge in [0.15, 0.2) is 0 Å². The van der Waals surface area contributed by atoms with Crippen LogP contribution in [0.3, 0.4) is 0 Å². The Morgan fingerprint density at radius 1 is 1.58 bits per heavy atom. The van der Waals surface area contributed by atoms with Crippen LogP contribution < -0.4 is 10.6 Å². The number of rotatable bonds is 7. The summed E-state index contributed by atoms with van der Waals surface area (Å²) in [4.78, 5) is 14.0. The van der Waals surface area contributed by atoms with Gasteiger partial charge in [-0.25, -0.2) is 0 Å². The lowest BCUT2D eigenvalue weighted by Gasteiger charge is -2.32. The molecule has 19 heavy (non-hydrogen) atoms. The lowest BCUT2D eigenvalue weighted by molar-refractivity contribution is -0.126. The summed E-state index contributed by atoms with van der Waals surface area (Å²) in [5.41, 5.74) is 0. The zero-order valence-corrected chi connectivity index (χ0v) is 12.1. The summed E-state index contributed by atoms with van der Waals surface area (Å²) in [5, 5.41) is 15.0. The third-order valence-corrected chi connectivity index (χ3v) is 3.65. The number of carbonyl (C=O) groups excluding carboxylic acids is 1. The van der Waals surface area contributed by atoms with E-state index in [-0.39, 0.29) is 17.9 Å². The number of likely N-dealkylation sites (tertiary alicyclic amines) is 1. The van der Waals surface area contributed by atoms with Crippen LogP contribution in [0.25, 0.3) is 0 Å². The van der Waals surface area contributed by atoms with Crippen molar-refractivity contribution in [1.82, 2.24) is 15.5 Å². The number of nitrogens with one attached hydrogen (secondary N) is 2. The molecule has 1 aliphatic rings. The monoisotopic (exact) mass is 266 g/mol. The molecule has 5 heteroatoms. The summed E-state index contributed by atoms with van der Waals surface area (Å²) >= 11 is 0. The molecule has 1 saturated heterocycles. The van der Waals surface area contributed by atoms with Gasteiger partial charge >= 0.3 is 0 Å². The van der Waals surface area contributed by atoms with Crippen molar-refractivity contribution in [2.45, 2.75) is 38.6 Å². The third kappa shape index (κ3) is 5.58. The Kier molecular flexibility index (Phi) is 7.46. The van der Waals surface area contributed by atoms with Gasteiger partial charge in [0.2, 0.25) is 5.91 Å². The molecule has 0 spiro atoms. The first kappa shape index (κ1) is 15.9. The minimum absolute atomic E-state index is 0.0691. The Hall–Kier alpha value is -1.12. The normalized spacial score (nSPS) is 21.6. The summed E-state index contributed by atoms with van der Waals surface area (Å²) in [5.74, 6) is 0.258. The van der Waals surface area contributed by atoms with Gasteiger partial charge in [-0.3, -0.25) is 4.79 Å². The van der Waals surface area contributed by atoms with Crippen LogP contribution in [-0.4, -0.2) is 50.1 Å². The molecule has 1 fully saturated rings. The fourth-order valence-electron chi connectivity index (χ4n) is 2.52. The highest BCUT2D eigenvalue weighted by atomic mass is 16.1. The van der Waals surface area contributed by atoms with Crippen molar-refractivity contribution in [3.63, 3.8) is 0 Å². The van der Waals surface area contributed by atoms with Crippen molar-refractivity contribution in [2.75, 3.05) is 33.2 Å². The molecule has 0 aromatic carbocycles. The standard InChI is InChI=1S/C14H26N4O/c1-3-7-17-13(10-15)6-9-18-8-4-5-12(11-18)14(19)16-2/h12-13,17H,3-9,11H2,1-2H3,(H,16,19). The lowest BCUT2D eigenvalue weighted by Crippen LogP contribution is -2.43. The summed E-state index contributed by atoms with van der Waals surface area (Å²) in [6, 6.07) is 2.24. The van der Waals surface area contributed by atoms with E-state index in [1.165, 1.54) is 0 Å². The number of carbonyl (C=O) groups is 1. The van der Waals surface area contributed by atoms with E-state index < -0.39 is 0 Å². The van der Waals surface area contributed by atoms with Crippen LogP contribution in [0.15, 0.2) is 0 Å². The molecule has 0 radical (unpaired) electrons. The Morgan fingerprint density at radius 2 is 2.37 bits per heavy atom. The van der Waals surface area contributed by atoms with Gasteiger partial charge in [-0.2, -0.15) is 5.26 Å². The molecule has 1 rings (SSSR count). The van der Waals surface area contributed by atoms with E-state index in [9.17, 15) is 4.79 Å². The van der Waals surface area contributed by atoms with E-state index >= 15 is 0 Å². The van der Waals surface area contributed by atoms with Crippen molar-refractivity contribution in [3.05, 3.63) is 0 Å². The van der Waals surface area contributed by atoms with Crippen LogP contribution in [0, 0.1) is 17.2 Å². The predicted octanol–water partition coefficient (Wildman–Crippen LogP) is 0.726. The topological polar surface area (TPSA) is 68.2 Å². The average Bonchev–Trinajstić information content (AvgIpc) is 2.47. The van der Waals surface area contributed by atoms with Gasteiger partial charge in [-0.05, 0) is 38.8 Å². The van der Waals surface area contributed by atoms with Gasteiger partial charge in [-0.1, -0.05) is 6.92 Å². The maximum atomic E-state index is 11.6. The smallest absolute Gasteiger partial charge is 0.224 e. The van der Waals surface area contributed by atoms with E-state index in [2.05, 4.69) is 28.5 Å². The molecule has 0 aliphatic carbocycles. The van der Waals surface area contributed by atoms with Crippen LogP contribution >= 0.6 is 0 Å². The molecule has 1 amide bonds. The van der Waals surface area contributed by atoms with Crippen LogP contribution in [0.5, 0.6) is 0 Å². The maximum Gasteiger partial charge on any atom is 0.224 e. The molecule has 2 unspecified atom stereocenters. The summed E-state index contributed by atoms with van der Waals surface area (Å²) < 4.78 is 0. The fourth-order valence-corrected chi connectivity index (χ4v) is 2.52. The first-order valence-corrected chi connectivity index (χ1v) is 7.28. The number of amides is 1. The molecule has 2 N–H and O–H groups in total. The number of hydrogen-bond donors (Lipinski definition) is 2. The third-order valence-electron chi connectivity index (χ3n) is 3.65. The number of nitriles is 1. The second-order valence-corrected chi connectivity index (χ2v) is 5.18. The minimum atomic E-state index is -0.0691. The van der Waals surface area contributed by atoms with E-state index in [1.54, 1.807) is 7.05 Å². The largest absolute Gasteiger partial charge is 0.359 e. The zero-order valence-electron chi connectivity index (χ0n) is 12.1. The number of piperidine rings is 1. The molecule has 5 nitrogen and oxygen atoms in total. The average molecular weight is 266 g/mol. The minimum Gasteiger partial charge on any atom is -0.359 e. The Labute approximate surface area is 116 Å². The Morgan fingerprint density at radius 3 is 3.00 bits per heavy atom. The van der Waals surface area contributed by atoms with Gasteiger partial charge in [0.1, 0.15) is 0 Å². The Bertz CT molecular complexity index is 313. The van der Waals surface area contributed by atoms with E-state index in [0.717, 1.165) is 51.9 Å². The molecular formula is C14H26N4O. The highest BCUT2D eigenvalue weighted by Gasteiger charge is 2.25. The van der Waals surface area contributed by atoms with Gasteiger partial charge in [0, 0.05) is 20.1 Å².